The van der Waals surface area contributed by atoms with Gasteiger partial charge in [-0.05, 0) is 67.9 Å². The third kappa shape index (κ3) is 3.60. The van der Waals surface area contributed by atoms with Crippen LogP contribution in [0.4, 0.5) is 0 Å². The normalized spacial score (nSPS) is 40.5. The lowest BCUT2D eigenvalue weighted by Gasteiger charge is -2.53. The summed E-state index contributed by atoms with van der Waals surface area (Å²) < 4.78 is 19.1. The van der Waals surface area contributed by atoms with E-state index in [9.17, 15) is 14.7 Å². The number of rotatable bonds is 5. The number of ether oxygens (including phenoxy) is 3. The second-order valence-electron chi connectivity index (χ2n) is 11.5. The van der Waals surface area contributed by atoms with E-state index in [-0.39, 0.29) is 35.7 Å². The molecule has 2 aliphatic heterocycles. The van der Waals surface area contributed by atoms with Crippen molar-refractivity contribution >= 4 is 11.9 Å². The fourth-order valence-corrected chi connectivity index (χ4v) is 7.56. The summed E-state index contributed by atoms with van der Waals surface area (Å²) in [5, 5.41) is 9.32. The maximum atomic E-state index is 13.6. The number of esters is 2. The van der Waals surface area contributed by atoms with Gasteiger partial charge in [-0.1, -0.05) is 45.0 Å². The largest absolute Gasteiger partial charge is 0.459 e. The third-order valence-corrected chi connectivity index (χ3v) is 9.48. The molecule has 1 saturated carbocycles. The van der Waals surface area contributed by atoms with Crippen LogP contribution in [-0.2, 0) is 36.6 Å². The first kappa shape index (κ1) is 23.8. The van der Waals surface area contributed by atoms with Gasteiger partial charge >= 0.3 is 11.9 Å². The molecule has 8 atom stereocenters. The van der Waals surface area contributed by atoms with Gasteiger partial charge in [-0.25, -0.2) is 4.79 Å². The van der Waals surface area contributed by atoms with Crippen LogP contribution in [-0.4, -0.2) is 47.1 Å². The Morgan fingerprint density at radius 1 is 1.15 bits per heavy atom. The average Bonchev–Trinajstić information content (AvgIpc) is 3.34. The monoisotopic (exact) mass is 470 g/mol. The molecule has 6 heteroatoms. The average molecular weight is 471 g/mol. The van der Waals surface area contributed by atoms with Gasteiger partial charge in [0.25, 0.3) is 0 Å². The molecule has 34 heavy (non-hydrogen) atoms. The van der Waals surface area contributed by atoms with E-state index in [1.54, 1.807) is 0 Å². The maximum Gasteiger partial charge on any atom is 0.332 e. The van der Waals surface area contributed by atoms with Gasteiger partial charge in [-0.2, -0.15) is 0 Å². The number of fused-ring (bicyclic) bond motifs is 5. The number of aryl methyl sites for hydroxylation is 1. The predicted octanol–water partition coefficient (Wildman–Crippen LogP) is 3.86. The Labute approximate surface area is 202 Å². The van der Waals surface area contributed by atoms with Gasteiger partial charge in [-0.15, -0.1) is 0 Å². The van der Waals surface area contributed by atoms with Crippen LogP contribution in [0.3, 0.4) is 0 Å². The number of aliphatic hydroxyl groups is 1. The molecule has 2 bridgehead atoms. The lowest BCUT2D eigenvalue weighted by atomic mass is 9.69. The van der Waals surface area contributed by atoms with Crippen LogP contribution < -0.4 is 0 Å². The minimum atomic E-state index is -0.711. The zero-order valence-corrected chi connectivity index (χ0v) is 20.8. The molecule has 2 aliphatic carbocycles. The molecular formula is C28H38O6. The Hall–Kier alpha value is -1.92. The quantitative estimate of drug-likeness (QED) is 0.658. The zero-order chi connectivity index (χ0) is 24.3. The number of carbonyl (C=O) groups excluding carboxylic acids is 2. The molecule has 1 unspecified atom stereocenters. The van der Waals surface area contributed by atoms with Crippen LogP contribution in [0.25, 0.3) is 0 Å². The van der Waals surface area contributed by atoms with Crippen molar-refractivity contribution in [2.24, 2.45) is 29.6 Å². The summed E-state index contributed by atoms with van der Waals surface area (Å²) in [6.45, 7) is 7.87. The minimum Gasteiger partial charge on any atom is -0.459 e. The number of benzene rings is 1. The fourth-order valence-electron chi connectivity index (χ4n) is 7.56. The first-order valence-electron chi connectivity index (χ1n) is 13.0. The summed E-state index contributed by atoms with van der Waals surface area (Å²) in [6.07, 6.45) is 4.06. The highest BCUT2D eigenvalue weighted by molar-refractivity contribution is 5.74. The molecule has 0 radical (unpaired) electrons. The van der Waals surface area contributed by atoms with Crippen molar-refractivity contribution in [3.63, 3.8) is 0 Å². The summed E-state index contributed by atoms with van der Waals surface area (Å²) >= 11 is 0. The first-order valence-corrected chi connectivity index (χ1v) is 13.0. The van der Waals surface area contributed by atoms with Crippen molar-refractivity contribution in [1.29, 1.82) is 0 Å². The Morgan fingerprint density at radius 3 is 2.59 bits per heavy atom. The molecule has 2 heterocycles. The third-order valence-electron chi connectivity index (χ3n) is 9.48. The Morgan fingerprint density at radius 2 is 1.88 bits per heavy atom. The summed E-state index contributed by atoms with van der Waals surface area (Å²) in [4.78, 5) is 25.7. The highest BCUT2D eigenvalue weighted by Gasteiger charge is 2.72. The van der Waals surface area contributed by atoms with Gasteiger partial charge in [0.1, 0.15) is 30.0 Å². The summed E-state index contributed by atoms with van der Waals surface area (Å²) in [5.74, 6) is -0.130. The van der Waals surface area contributed by atoms with Gasteiger partial charge in [0.05, 0.1) is 5.92 Å². The highest BCUT2D eigenvalue weighted by atomic mass is 16.6. The molecule has 3 fully saturated rings. The molecule has 0 aromatic heterocycles. The first-order chi connectivity index (χ1) is 16.2. The lowest BCUT2D eigenvalue weighted by molar-refractivity contribution is -0.267. The smallest absolute Gasteiger partial charge is 0.332 e. The highest BCUT2D eigenvalue weighted by Crippen LogP contribution is 2.63. The van der Waals surface area contributed by atoms with E-state index in [2.05, 4.69) is 45.9 Å². The molecule has 0 amide bonds. The minimum absolute atomic E-state index is 0.0725. The molecule has 186 valence electrons. The predicted molar refractivity (Wildman–Crippen MR) is 126 cm³/mol. The van der Waals surface area contributed by atoms with Crippen LogP contribution >= 0.6 is 0 Å². The van der Waals surface area contributed by atoms with Crippen LogP contribution in [0.15, 0.2) is 24.3 Å². The van der Waals surface area contributed by atoms with E-state index in [1.807, 2.05) is 6.07 Å². The zero-order valence-electron chi connectivity index (χ0n) is 20.8. The summed E-state index contributed by atoms with van der Waals surface area (Å²) in [5.41, 5.74) is 1.22. The van der Waals surface area contributed by atoms with Gasteiger partial charge in [-0.3, -0.25) is 4.79 Å². The second-order valence-corrected chi connectivity index (χ2v) is 11.5. The fraction of sp³-hybridized carbons (Fsp3) is 0.714. The number of hydrogen-bond donors (Lipinski definition) is 1. The Kier molecular flexibility index (Phi) is 6.04. The summed E-state index contributed by atoms with van der Waals surface area (Å²) in [6, 6.07) is 8.36. The van der Waals surface area contributed by atoms with E-state index in [0.717, 1.165) is 32.1 Å². The Balaban J connectivity index is 1.45. The summed E-state index contributed by atoms with van der Waals surface area (Å²) in [7, 11) is 0. The van der Waals surface area contributed by atoms with E-state index in [4.69, 9.17) is 14.2 Å². The van der Waals surface area contributed by atoms with Crippen LogP contribution in [0.5, 0.6) is 0 Å². The van der Waals surface area contributed by atoms with Gasteiger partial charge in [0.2, 0.25) is 0 Å². The van der Waals surface area contributed by atoms with Crippen molar-refractivity contribution < 1.29 is 28.9 Å². The van der Waals surface area contributed by atoms with Crippen molar-refractivity contribution in [1.82, 2.24) is 0 Å². The molecule has 0 spiro atoms. The van der Waals surface area contributed by atoms with Gasteiger partial charge in [0.15, 0.2) is 0 Å². The molecule has 5 rings (SSSR count). The molecular weight excluding hydrogens is 432 g/mol. The SMILES string of the molecule is CC(C)[C@@]12C[C@@H](OC(=O)CO)[C@@](C)(O1)[C@@H]1CC[C@@H](C)[C@H]1[C@@H]2OC(=O)C1CCc2ccccc2C1. The lowest BCUT2D eigenvalue weighted by Crippen LogP contribution is -2.62. The van der Waals surface area contributed by atoms with Crippen molar-refractivity contribution in [3.8, 4) is 0 Å². The second kappa shape index (κ2) is 8.63. The van der Waals surface area contributed by atoms with Crippen LogP contribution in [0, 0.1) is 29.6 Å². The standard InChI is InChI=1S/C28H38O6/c1-16(2)28-14-22(32-23(30)15-29)27(4,34-28)21-12-9-17(3)24(21)25(28)33-26(31)20-11-10-18-7-5-6-8-19(18)13-20/h5-8,16-17,20-22,24-25,29H,9-15H2,1-4H3/t17-,20?,21-,22-,24-,25+,27+,28-/m1/s1. The number of hydrogen-bond acceptors (Lipinski definition) is 6. The van der Waals surface area contributed by atoms with Gasteiger partial charge < -0.3 is 19.3 Å². The molecule has 6 nitrogen and oxygen atoms in total. The molecule has 1 N–H and O–H groups in total. The van der Waals surface area contributed by atoms with E-state index in [1.165, 1.54) is 11.1 Å². The molecule has 4 aliphatic rings. The van der Waals surface area contributed by atoms with Crippen molar-refractivity contribution in [2.75, 3.05) is 6.61 Å². The number of aliphatic hydroxyl groups excluding tert-OH is 1. The maximum absolute atomic E-state index is 13.6. The topological polar surface area (TPSA) is 82.1 Å². The van der Waals surface area contributed by atoms with E-state index >= 15 is 0 Å². The van der Waals surface area contributed by atoms with Gasteiger partial charge in [0, 0.05) is 12.3 Å². The molecule has 1 aromatic carbocycles. The van der Waals surface area contributed by atoms with E-state index in [0.29, 0.717) is 12.3 Å². The molecule has 1 aromatic rings. The number of carbonyl (C=O) groups is 2. The Bertz CT molecular complexity index is 958. The van der Waals surface area contributed by atoms with Crippen LogP contribution in [0.2, 0.25) is 0 Å². The van der Waals surface area contributed by atoms with Crippen molar-refractivity contribution in [3.05, 3.63) is 35.4 Å². The molecule has 2 saturated heterocycles. The van der Waals surface area contributed by atoms with Crippen LogP contribution in [0.1, 0.15) is 64.5 Å². The van der Waals surface area contributed by atoms with E-state index < -0.39 is 29.9 Å². The van der Waals surface area contributed by atoms with Crippen molar-refractivity contribution in [2.45, 2.75) is 89.6 Å².